The van der Waals surface area contributed by atoms with Crippen LogP contribution in [-0.4, -0.2) is 24.5 Å². The lowest BCUT2D eigenvalue weighted by Crippen LogP contribution is -2.45. The molecule has 15 heavy (non-hydrogen) atoms. The summed E-state index contributed by atoms with van der Waals surface area (Å²) in [4.78, 5) is 11.1. The number of carbonyl (C=O) groups is 1. The molecule has 1 aliphatic carbocycles. The molecular weight excluding hydrogens is 190 g/mol. The molecule has 88 valence electrons. The summed E-state index contributed by atoms with van der Waals surface area (Å²) in [7, 11) is 0. The minimum absolute atomic E-state index is 0.248. The molecular formula is C11H23N3O. The monoisotopic (exact) mass is 213 g/mol. The van der Waals surface area contributed by atoms with E-state index in [-0.39, 0.29) is 5.91 Å². The number of hydrogen-bond donors (Lipinski definition) is 3. The third kappa shape index (κ3) is 3.80. The number of nitrogens with one attached hydrogen (secondary N) is 1. The van der Waals surface area contributed by atoms with E-state index in [4.69, 9.17) is 11.5 Å². The van der Waals surface area contributed by atoms with Crippen LogP contribution in [0, 0.1) is 5.41 Å². The molecule has 4 heteroatoms. The van der Waals surface area contributed by atoms with E-state index in [9.17, 15) is 4.79 Å². The molecule has 0 aliphatic heterocycles. The van der Waals surface area contributed by atoms with Crippen LogP contribution >= 0.6 is 0 Å². The summed E-state index contributed by atoms with van der Waals surface area (Å²) < 4.78 is 0. The zero-order valence-electron chi connectivity index (χ0n) is 9.75. The van der Waals surface area contributed by atoms with Gasteiger partial charge in [0.15, 0.2) is 0 Å². The Kier molecular flexibility index (Phi) is 4.11. The van der Waals surface area contributed by atoms with Gasteiger partial charge in [0.05, 0.1) is 5.41 Å². The van der Waals surface area contributed by atoms with E-state index in [1.165, 1.54) is 0 Å². The summed E-state index contributed by atoms with van der Waals surface area (Å²) >= 11 is 0. The van der Waals surface area contributed by atoms with Crippen LogP contribution in [0.1, 0.15) is 39.5 Å². The van der Waals surface area contributed by atoms with E-state index in [0.29, 0.717) is 18.6 Å². The van der Waals surface area contributed by atoms with Gasteiger partial charge in [-0.3, -0.25) is 4.79 Å². The first kappa shape index (κ1) is 12.5. The van der Waals surface area contributed by atoms with E-state index in [2.05, 4.69) is 5.32 Å². The SMILES string of the molecule is CC(C)(CNC1CCC(N)CC1)C(N)=O. The van der Waals surface area contributed by atoms with Crippen molar-refractivity contribution >= 4 is 5.91 Å². The fourth-order valence-corrected chi connectivity index (χ4v) is 1.81. The second-order valence-electron chi connectivity index (χ2n) is 5.24. The van der Waals surface area contributed by atoms with Gasteiger partial charge in [-0.05, 0) is 39.5 Å². The molecule has 0 spiro atoms. The van der Waals surface area contributed by atoms with E-state index in [1.54, 1.807) is 0 Å². The Morgan fingerprint density at radius 1 is 1.33 bits per heavy atom. The van der Waals surface area contributed by atoms with Gasteiger partial charge in [0.1, 0.15) is 0 Å². The molecule has 0 unspecified atom stereocenters. The van der Waals surface area contributed by atoms with Crippen LogP contribution in [0.3, 0.4) is 0 Å². The molecule has 0 aromatic rings. The smallest absolute Gasteiger partial charge is 0.224 e. The van der Waals surface area contributed by atoms with Gasteiger partial charge < -0.3 is 16.8 Å². The van der Waals surface area contributed by atoms with Crippen molar-refractivity contribution in [2.24, 2.45) is 16.9 Å². The maximum atomic E-state index is 11.1. The molecule has 1 amide bonds. The number of hydrogen-bond acceptors (Lipinski definition) is 3. The average molecular weight is 213 g/mol. The number of amides is 1. The number of primary amides is 1. The Morgan fingerprint density at radius 3 is 2.33 bits per heavy atom. The van der Waals surface area contributed by atoms with Gasteiger partial charge in [0.25, 0.3) is 0 Å². The van der Waals surface area contributed by atoms with E-state index in [1.807, 2.05) is 13.8 Å². The van der Waals surface area contributed by atoms with Crippen LogP contribution in [-0.2, 0) is 4.79 Å². The summed E-state index contributed by atoms with van der Waals surface area (Å²) in [5, 5.41) is 3.41. The predicted octanol–water partition coefficient (Wildman–Crippen LogP) is 0.357. The molecule has 0 aromatic carbocycles. The van der Waals surface area contributed by atoms with Crippen LogP contribution in [0.5, 0.6) is 0 Å². The maximum Gasteiger partial charge on any atom is 0.224 e. The van der Waals surface area contributed by atoms with Crippen molar-refractivity contribution in [3.8, 4) is 0 Å². The highest BCUT2D eigenvalue weighted by atomic mass is 16.1. The Hall–Kier alpha value is -0.610. The van der Waals surface area contributed by atoms with E-state index in [0.717, 1.165) is 25.7 Å². The number of nitrogens with two attached hydrogens (primary N) is 2. The first-order valence-corrected chi connectivity index (χ1v) is 5.70. The summed E-state index contributed by atoms with van der Waals surface area (Å²) in [6, 6.07) is 0.871. The first-order chi connectivity index (χ1) is 6.92. The maximum absolute atomic E-state index is 11.1. The normalized spacial score (nSPS) is 27.7. The minimum atomic E-state index is -0.459. The molecule has 1 rings (SSSR count). The van der Waals surface area contributed by atoms with E-state index < -0.39 is 5.41 Å². The van der Waals surface area contributed by atoms with E-state index >= 15 is 0 Å². The average Bonchev–Trinajstić information content (AvgIpc) is 2.17. The standard InChI is InChI=1S/C11H23N3O/c1-11(2,10(13)15)7-14-9-5-3-8(12)4-6-9/h8-9,14H,3-7,12H2,1-2H3,(H2,13,15). The van der Waals surface area contributed by atoms with Crippen molar-refractivity contribution < 1.29 is 4.79 Å². The summed E-state index contributed by atoms with van der Waals surface area (Å²) in [5.74, 6) is -0.248. The summed E-state index contributed by atoms with van der Waals surface area (Å²) in [6.07, 6.45) is 4.37. The summed E-state index contributed by atoms with van der Waals surface area (Å²) in [6.45, 7) is 4.40. The van der Waals surface area contributed by atoms with Crippen molar-refractivity contribution in [1.82, 2.24) is 5.32 Å². The number of rotatable bonds is 4. The summed E-state index contributed by atoms with van der Waals surface area (Å²) in [5.41, 5.74) is 10.7. The second kappa shape index (κ2) is 4.94. The van der Waals surface area contributed by atoms with Crippen LogP contribution in [0.15, 0.2) is 0 Å². The lowest BCUT2D eigenvalue weighted by Gasteiger charge is -2.30. The van der Waals surface area contributed by atoms with Gasteiger partial charge >= 0.3 is 0 Å². The Labute approximate surface area is 91.8 Å². The number of carbonyl (C=O) groups excluding carboxylic acids is 1. The molecule has 0 atom stereocenters. The Morgan fingerprint density at radius 2 is 1.87 bits per heavy atom. The fraction of sp³-hybridized carbons (Fsp3) is 0.909. The van der Waals surface area contributed by atoms with Gasteiger partial charge in [-0.15, -0.1) is 0 Å². The molecule has 1 fully saturated rings. The van der Waals surface area contributed by atoms with Gasteiger partial charge in [-0.2, -0.15) is 0 Å². The molecule has 0 aromatic heterocycles. The minimum Gasteiger partial charge on any atom is -0.369 e. The molecule has 4 nitrogen and oxygen atoms in total. The highest BCUT2D eigenvalue weighted by Gasteiger charge is 2.26. The Bertz CT molecular complexity index is 220. The van der Waals surface area contributed by atoms with Crippen LogP contribution < -0.4 is 16.8 Å². The third-order valence-electron chi connectivity index (χ3n) is 3.27. The lowest BCUT2D eigenvalue weighted by atomic mass is 9.89. The van der Waals surface area contributed by atoms with Crippen LogP contribution in [0.25, 0.3) is 0 Å². The van der Waals surface area contributed by atoms with Gasteiger partial charge in [0, 0.05) is 18.6 Å². The van der Waals surface area contributed by atoms with Crippen molar-refractivity contribution in [2.75, 3.05) is 6.54 Å². The molecule has 0 radical (unpaired) electrons. The first-order valence-electron chi connectivity index (χ1n) is 5.70. The zero-order valence-corrected chi connectivity index (χ0v) is 9.75. The second-order valence-corrected chi connectivity index (χ2v) is 5.24. The van der Waals surface area contributed by atoms with Crippen LogP contribution in [0.2, 0.25) is 0 Å². The highest BCUT2D eigenvalue weighted by Crippen LogP contribution is 2.19. The largest absolute Gasteiger partial charge is 0.369 e. The molecule has 1 aliphatic rings. The van der Waals surface area contributed by atoms with Gasteiger partial charge in [0.2, 0.25) is 5.91 Å². The van der Waals surface area contributed by atoms with Crippen molar-refractivity contribution in [3.05, 3.63) is 0 Å². The van der Waals surface area contributed by atoms with Crippen molar-refractivity contribution in [3.63, 3.8) is 0 Å². The topological polar surface area (TPSA) is 81.1 Å². The van der Waals surface area contributed by atoms with Gasteiger partial charge in [-0.1, -0.05) is 0 Å². The Balaban J connectivity index is 2.28. The fourth-order valence-electron chi connectivity index (χ4n) is 1.81. The predicted molar refractivity (Wildman–Crippen MR) is 61.2 cm³/mol. The zero-order chi connectivity index (χ0) is 11.5. The molecule has 0 heterocycles. The van der Waals surface area contributed by atoms with Crippen molar-refractivity contribution in [1.29, 1.82) is 0 Å². The third-order valence-corrected chi connectivity index (χ3v) is 3.27. The van der Waals surface area contributed by atoms with Gasteiger partial charge in [-0.25, -0.2) is 0 Å². The lowest BCUT2D eigenvalue weighted by molar-refractivity contribution is -0.125. The molecule has 0 bridgehead atoms. The molecule has 5 N–H and O–H groups in total. The molecule has 1 saturated carbocycles. The quantitative estimate of drug-likeness (QED) is 0.630. The highest BCUT2D eigenvalue weighted by molar-refractivity contribution is 5.80. The van der Waals surface area contributed by atoms with Crippen LogP contribution in [0.4, 0.5) is 0 Å². The molecule has 0 saturated heterocycles. The van der Waals surface area contributed by atoms with Crippen molar-refractivity contribution in [2.45, 2.75) is 51.6 Å².